The standard InChI is InChI=1S/C24H23NO7/c1-28-20-13-17(14-21(29-2)23(20)30-3)25-22(26)15-31-24(27)16-9-11-19(12-10-16)32-18-7-5-4-6-8-18/h4-14H,15H2,1-3H3,(H,25,26). The molecule has 8 heteroatoms. The smallest absolute Gasteiger partial charge is 0.338 e. The first-order valence-corrected chi connectivity index (χ1v) is 9.64. The fourth-order valence-corrected chi connectivity index (χ4v) is 2.85. The summed E-state index contributed by atoms with van der Waals surface area (Å²) in [5, 5.41) is 2.63. The van der Waals surface area contributed by atoms with Crippen LogP contribution in [0.3, 0.4) is 0 Å². The molecular formula is C24H23NO7. The Kier molecular flexibility index (Phi) is 7.53. The number of methoxy groups -OCH3 is 3. The van der Waals surface area contributed by atoms with E-state index in [1.54, 1.807) is 36.4 Å². The first kappa shape index (κ1) is 22.5. The summed E-state index contributed by atoms with van der Waals surface area (Å²) in [6, 6.07) is 18.9. The number of hydrogen-bond acceptors (Lipinski definition) is 7. The predicted molar refractivity (Wildman–Crippen MR) is 118 cm³/mol. The van der Waals surface area contributed by atoms with Crippen molar-refractivity contribution in [2.45, 2.75) is 0 Å². The Morgan fingerprint density at radius 1 is 0.781 bits per heavy atom. The Morgan fingerprint density at radius 3 is 1.94 bits per heavy atom. The van der Waals surface area contributed by atoms with Gasteiger partial charge >= 0.3 is 5.97 Å². The number of esters is 1. The number of ether oxygens (including phenoxy) is 5. The monoisotopic (exact) mass is 437 g/mol. The summed E-state index contributed by atoms with van der Waals surface area (Å²) in [5.74, 6) is 1.29. The van der Waals surface area contributed by atoms with Crippen molar-refractivity contribution in [3.8, 4) is 28.7 Å². The molecule has 0 heterocycles. The summed E-state index contributed by atoms with van der Waals surface area (Å²) in [4.78, 5) is 24.5. The van der Waals surface area contributed by atoms with E-state index in [1.165, 1.54) is 21.3 Å². The topological polar surface area (TPSA) is 92.3 Å². The molecule has 166 valence electrons. The largest absolute Gasteiger partial charge is 0.493 e. The van der Waals surface area contributed by atoms with E-state index in [4.69, 9.17) is 23.7 Å². The van der Waals surface area contributed by atoms with Crippen molar-refractivity contribution in [3.63, 3.8) is 0 Å². The van der Waals surface area contributed by atoms with Gasteiger partial charge in [0.25, 0.3) is 5.91 Å². The molecule has 3 aromatic rings. The minimum atomic E-state index is -0.628. The molecule has 0 spiro atoms. The van der Waals surface area contributed by atoms with Crippen LogP contribution in [0.25, 0.3) is 0 Å². The maximum Gasteiger partial charge on any atom is 0.338 e. The molecule has 0 aromatic heterocycles. The van der Waals surface area contributed by atoms with E-state index in [2.05, 4.69) is 5.32 Å². The second kappa shape index (κ2) is 10.7. The lowest BCUT2D eigenvalue weighted by molar-refractivity contribution is -0.119. The molecule has 3 rings (SSSR count). The molecule has 0 bridgehead atoms. The Morgan fingerprint density at radius 2 is 1.38 bits per heavy atom. The number of carbonyl (C=O) groups excluding carboxylic acids is 2. The zero-order chi connectivity index (χ0) is 22.9. The second-order valence-corrected chi connectivity index (χ2v) is 6.48. The molecule has 0 saturated carbocycles. The van der Waals surface area contributed by atoms with E-state index in [9.17, 15) is 9.59 Å². The van der Waals surface area contributed by atoms with Crippen molar-refractivity contribution in [3.05, 3.63) is 72.3 Å². The van der Waals surface area contributed by atoms with Gasteiger partial charge in [-0.1, -0.05) is 18.2 Å². The molecule has 3 aromatic carbocycles. The normalized spacial score (nSPS) is 10.1. The minimum absolute atomic E-state index is 0.297. The number of para-hydroxylation sites is 1. The van der Waals surface area contributed by atoms with Crippen molar-refractivity contribution in [2.24, 2.45) is 0 Å². The average molecular weight is 437 g/mol. The number of carbonyl (C=O) groups is 2. The highest BCUT2D eigenvalue weighted by Gasteiger charge is 2.16. The maximum absolute atomic E-state index is 12.3. The highest BCUT2D eigenvalue weighted by molar-refractivity contribution is 5.96. The number of hydrogen-bond donors (Lipinski definition) is 1. The number of benzene rings is 3. The fraction of sp³-hybridized carbons (Fsp3) is 0.167. The van der Waals surface area contributed by atoms with Gasteiger partial charge in [0.05, 0.1) is 26.9 Å². The molecule has 1 amide bonds. The summed E-state index contributed by atoms with van der Waals surface area (Å²) in [5.41, 5.74) is 0.703. The molecule has 0 fully saturated rings. The number of nitrogens with one attached hydrogen (secondary N) is 1. The van der Waals surface area contributed by atoms with Gasteiger partial charge in [0.1, 0.15) is 11.5 Å². The highest BCUT2D eigenvalue weighted by Crippen LogP contribution is 2.39. The van der Waals surface area contributed by atoms with Crippen LogP contribution in [0.2, 0.25) is 0 Å². The summed E-state index contributed by atoms with van der Waals surface area (Å²) < 4.78 is 26.5. The molecule has 0 atom stereocenters. The van der Waals surface area contributed by atoms with Crippen LogP contribution in [0.1, 0.15) is 10.4 Å². The van der Waals surface area contributed by atoms with E-state index >= 15 is 0 Å². The number of anilines is 1. The molecule has 0 aliphatic heterocycles. The Hall–Kier alpha value is -4.20. The van der Waals surface area contributed by atoms with Crippen molar-refractivity contribution in [1.29, 1.82) is 0 Å². The maximum atomic E-state index is 12.3. The average Bonchev–Trinajstić information content (AvgIpc) is 2.83. The van der Waals surface area contributed by atoms with Crippen LogP contribution in [0.5, 0.6) is 28.7 Å². The third-order valence-electron chi connectivity index (χ3n) is 4.35. The van der Waals surface area contributed by atoms with Gasteiger partial charge in [-0.3, -0.25) is 4.79 Å². The van der Waals surface area contributed by atoms with Gasteiger partial charge < -0.3 is 29.0 Å². The molecule has 0 radical (unpaired) electrons. The van der Waals surface area contributed by atoms with Crippen LogP contribution in [0.4, 0.5) is 5.69 Å². The summed E-state index contributed by atoms with van der Waals surface area (Å²) in [7, 11) is 4.43. The van der Waals surface area contributed by atoms with Crippen LogP contribution in [0, 0.1) is 0 Å². The van der Waals surface area contributed by atoms with Crippen molar-refractivity contribution < 1.29 is 33.3 Å². The molecular weight excluding hydrogens is 414 g/mol. The van der Waals surface area contributed by atoms with Gasteiger partial charge in [-0.25, -0.2) is 4.79 Å². The molecule has 0 saturated heterocycles. The first-order valence-electron chi connectivity index (χ1n) is 9.64. The highest BCUT2D eigenvalue weighted by atomic mass is 16.5. The van der Waals surface area contributed by atoms with Gasteiger partial charge in [0.15, 0.2) is 18.1 Å². The Balaban J connectivity index is 1.56. The van der Waals surface area contributed by atoms with Crippen LogP contribution in [-0.2, 0) is 9.53 Å². The lowest BCUT2D eigenvalue weighted by Crippen LogP contribution is -2.21. The van der Waals surface area contributed by atoms with E-state index in [1.807, 2.05) is 30.3 Å². The first-order chi connectivity index (χ1) is 15.5. The minimum Gasteiger partial charge on any atom is -0.493 e. The zero-order valence-corrected chi connectivity index (χ0v) is 17.9. The number of amides is 1. The van der Waals surface area contributed by atoms with Gasteiger partial charge in [-0.2, -0.15) is 0 Å². The fourth-order valence-electron chi connectivity index (χ4n) is 2.85. The number of rotatable bonds is 9. The van der Waals surface area contributed by atoms with Gasteiger partial charge in [-0.15, -0.1) is 0 Å². The lowest BCUT2D eigenvalue weighted by Gasteiger charge is -2.14. The van der Waals surface area contributed by atoms with E-state index in [-0.39, 0.29) is 0 Å². The molecule has 0 aliphatic rings. The van der Waals surface area contributed by atoms with E-state index in [0.29, 0.717) is 40.0 Å². The lowest BCUT2D eigenvalue weighted by atomic mass is 10.2. The zero-order valence-electron chi connectivity index (χ0n) is 17.9. The molecule has 1 N–H and O–H groups in total. The Labute approximate surface area is 185 Å². The van der Waals surface area contributed by atoms with Crippen LogP contribution >= 0.6 is 0 Å². The molecule has 8 nitrogen and oxygen atoms in total. The van der Waals surface area contributed by atoms with Crippen LogP contribution < -0.4 is 24.3 Å². The van der Waals surface area contributed by atoms with E-state index in [0.717, 1.165) is 0 Å². The summed E-state index contributed by atoms with van der Waals surface area (Å²) >= 11 is 0. The van der Waals surface area contributed by atoms with E-state index < -0.39 is 18.5 Å². The molecule has 0 unspecified atom stereocenters. The van der Waals surface area contributed by atoms with Crippen molar-refractivity contribution in [2.75, 3.05) is 33.3 Å². The van der Waals surface area contributed by atoms with Crippen molar-refractivity contribution >= 4 is 17.6 Å². The SMILES string of the molecule is COc1cc(NC(=O)COC(=O)c2ccc(Oc3ccccc3)cc2)cc(OC)c1OC. The third-order valence-corrected chi connectivity index (χ3v) is 4.35. The van der Waals surface area contributed by atoms with Crippen molar-refractivity contribution in [1.82, 2.24) is 0 Å². The summed E-state index contributed by atoms with van der Waals surface area (Å²) in [6.45, 7) is -0.461. The predicted octanol–water partition coefficient (Wildman–Crippen LogP) is 4.30. The van der Waals surface area contributed by atoms with Crippen LogP contribution in [0.15, 0.2) is 66.7 Å². The molecule has 32 heavy (non-hydrogen) atoms. The van der Waals surface area contributed by atoms with Gasteiger partial charge in [-0.05, 0) is 36.4 Å². The quantitative estimate of drug-likeness (QED) is 0.499. The van der Waals surface area contributed by atoms with Gasteiger partial charge in [0, 0.05) is 17.8 Å². The van der Waals surface area contributed by atoms with Gasteiger partial charge in [0.2, 0.25) is 5.75 Å². The molecule has 0 aliphatic carbocycles. The Bertz CT molecular complexity index is 1040. The second-order valence-electron chi connectivity index (χ2n) is 6.48. The third kappa shape index (κ3) is 5.69. The van der Waals surface area contributed by atoms with Crippen LogP contribution in [-0.4, -0.2) is 39.8 Å². The summed E-state index contributed by atoms with van der Waals surface area (Å²) in [6.07, 6.45) is 0.